The predicted octanol–water partition coefficient (Wildman–Crippen LogP) is 2.97. The maximum Gasteiger partial charge on any atom is 0.0248 e. The summed E-state index contributed by atoms with van der Waals surface area (Å²) in [6.45, 7) is 5.84. The van der Waals surface area contributed by atoms with Gasteiger partial charge in [-0.1, -0.05) is 18.2 Å². The average molecular weight is 195 g/mol. The van der Waals surface area contributed by atoms with Gasteiger partial charge >= 0.3 is 0 Å². The van der Waals surface area contributed by atoms with Gasteiger partial charge in [0.15, 0.2) is 0 Å². The van der Waals surface area contributed by atoms with Crippen LogP contribution in [0.4, 0.5) is 0 Å². The summed E-state index contributed by atoms with van der Waals surface area (Å²) in [6.07, 6.45) is 3.36. The molecule has 2 N–H and O–H groups in total. The summed E-state index contributed by atoms with van der Waals surface area (Å²) < 4.78 is 0. The molecule has 0 amide bonds. The van der Waals surface area contributed by atoms with E-state index < -0.39 is 0 Å². The van der Waals surface area contributed by atoms with Crippen molar-refractivity contribution in [1.29, 1.82) is 0 Å². The summed E-state index contributed by atoms with van der Waals surface area (Å²) in [5.41, 5.74) is 6.95. The van der Waals surface area contributed by atoms with E-state index >= 15 is 0 Å². The third-order valence-corrected chi connectivity index (χ3v) is 3.09. The smallest absolute Gasteiger partial charge is 0.0248 e. The number of hydrogen-bond acceptors (Lipinski definition) is 2. The Hall–Kier alpha value is -0.600. The van der Waals surface area contributed by atoms with Crippen LogP contribution in [0.3, 0.4) is 0 Å². The number of hydrogen-bond donors (Lipinski definition) is 1. The lowest BCUT2D eigenvalue weighted by Crippen LogP contribution is -2.20. The molecule has 0 spiro atoms. The number of thiophene rings is 1. The molecule has 2 heteroatoms. The first-order valence-electron chi connectivity index (χ1n) is 4.63. The number of nitrogens with two attached hydrogens (primary N) is 1. The predicted molar refractivity (Wildman–Crippen MR) is 60.0 cm³/mol. The molecule has 0 aliphatic carbocycles. The van der Waals surface area contributed by atoms with Crippen LogP contribution in [0.2, 0.25) is 0 Å². The largest absolute Gasteiger partial charge is 0.324 e. The average Bonchev–Trinajstić information content (AvgIpc) is 2.56. The van der Waals surface area contributed by atoms with Crippen molar-refractivity contribution in [3.05, 3.63) is 34.5 Å². The molecular weight excluding hydrogens is 178 g/mol. The minimum absolute atomic E-state index is 0.181. The van der Waals surface area contributed by atoms with Crippen LogP contribution in [0.1, 0.15) is 24.6 Å². The number of aryl methyl sites for hydroxylation is 1. The van der Waals surface area contributed by atoms with Crippen molar-refractivity contribution in [3.63, 3.8) is 0 Å². The third kappa shape index (κ3) is 3.75. The second-order valence-electron chi connectivity index (χ2n) is 3.42. The maximum absolute atomic E-state index is 5.86. The van der Waals surface area contributed by atoms with Crippen LogP contribution in [0.25, 0.3) is 0 Å². The van der Waals surface area contributed by atoms with Crippen LogP contribution < -0.4 is 5.73 Å². The van der Waals surface area contributed by atoms with Gasteiger partial charge in [0.05, 0.1) is 0 Å². The lowest BCUT2D eigenvalue weighted by atomic mass is 10.0. The van der Waals surface area contributed by atoms with E-state index in [4.69, 9.17) is 5.73 Å². The first kappa shape index (κ1) is 10.5. The van der Waals surface area contributed by atoms with Crippen LogP contribution in [0.15, 0.2) is 29.7 Å². The highest BCUT2D eigenvalue weighted by Gasteiger charge is 2.02. The first-order chi connectivity index (χ1) is 6.20. The van der Waals surface area contributed by atoms with E-state index in [0.29, 0.717) is 0 Å². The molecule has 0 saturated heterocycles. The van der Waals surface area contributed by atoms with Gasteiger partial charge in [-0.2, -0.15) is 0 Å². The monoisotopic (exact) mass is 195 g/mol. The standard InChI is InChI=1S/C11H17NS/c1-9(2)11(12)7-3-5-10-6-4-8-13-10/h4,6,8,11H,1,3,5,7,12H2,2H3. The highest BCUT2D eigenvalue weighted by Crippen LogP contribution is 2.13. The summed E-state index contributed by atoms with van der Waals surface area (Å²) in [5, 5.41) is 2.12. The Morgan fingerprint density at radius 2 is 2.46 bits per heavy atom. The van der Waals surface area contributed by atoms with E-state index in [1.54, 1.807) is 0 Å². The molecule has 0 saturated carbocycles. The minimum Gasteiger partial charge on any atom is -0.324 e. The Kier molecular flexibility index (Phi) is 4.19. The lowest BCUT2D eigenvalue weighted by Gasteiger charge is -2.09. The summed E-state index contributed by atoms with van der Waals surface area (Å²) in [7, 11) is 0. The summed E-state index contributed by atoms with van der Waals surface area (Å²) in [4.78, 5) is 1.45. The summed E-state index contributed by atoms with van der Waals surface area (Å²) in [5.74, 6) is 0. The molecule has 72 valence electrons. The van der Waals surface area contributed by atoms with Crippen LogP contribution in [-0.2, 0) is 6.42 Å². The van der Waals surface area contributed by atoms with Gasteiger partial charge in [0.2, 0.25) is 0 Å². The second kappa shape index (κ2) is 5.20. The second-order valence-corrected chi connectivity index (χ2v) is 4.46. The van der Waals surface area contributed by atoms with E-state index in [2.05, 4.69) is 24.1 Å². The van der Waals surface area contributed by atoms with Gasteiger partial charge in [0, 0.05) is 10.9 Å². The normalized spacial score (nSPS) is 12.8. The molecule has 1 unspecified atom stereocenters. The third-order valence-electron chi connectivity index (χ3n) is 2.15. The van der Waals surface area contributed by atoms with Crippen molar-refractivity contribution in [2.75, 3.05) is 0 Å². The molecule has 1 heterocycles. The van der Waals surface area contributed by atoms with Crippen molar-refractivity contribution < 1.29 is 0 Å². The van der Waals surface area contributed by atoms with Gasteiger partial charge < -0.3 is 5.73 Å². The Morgan fingerprint density at radius 3 is 3.00 bits per heavy atom. The van der Waals surface area contributed by atoms with Crippen LogP contribution in [0, 0.1) is 0 Å². The molecule has 0 radical (unpaired) electrons. The molecule has 1 nitrogen and oxygen atoms in total. The topological polar surface area (TPSA) is 26.0 Å². The Morgan fingerprint density at radius 1 is 1.69 bits per heavy atom. The Bertz CT molecular complexity index is 251. The maximum atomic E-state index is 5.86. The molecule has 0 aliphatic rings. The van der Waals surface area contributed by atoms with E-state index in [1.165, 1.54) is 4.88 Å². The van der Waals surface area contributed by atoms with Gasteiger partial charge in [-0.25, -0.2) is 0 Å². The Balaban J connectivity index is 2.18. The van der Waals surface area contributed by atoms with Gasteiger partial charge in [0.1, 0.15) is 0 Å². The Labute approximate surface area is 84.3 Å². The molecule has 13 heavy (non-hydrogen) atoms. The van der Waals surface area contributed by atoms with Crippen molar-refractivity contribution in [3.8, 4) is 0 Å². The summed E-state index contributed by atoms with van der Waals surface area (Å²) in [6, 6.07) is 4.45. The van der Waals surface area contributed by atoms with Gasteiger partial charge in [-0.3, -0.25) is 0 Å². The molecule has 1 atom stereocenters. The van der Waals surface area contributed by atoms with Gasteiger partial charge in [0.25, 0.3) is 0 Å². The van der Waals surface area contributed by atoms with Crippen LogP contribution >= 0.6 is 11.3 Å². The SMILES string of the molecule is C=C(C)C(N)CCCc1cccs1. The van der Waals surface area contributed by atoms with Crippen molar-refractivity contribution in [2.24, 2.45) is 5.73 Å². The fraction of sp³-hybridized carbons (Fsp3) is 0.455. The molecule has 1 rings (SSSR count). The zero-order chi connectivity index (χ0) is 9.68. The van der Waals surface area contributed by atoms with Crippen LogP contribution in [-0.4, -0.2) is 6.04 Å². The van der Waals surface area contributed by atoms with Gasteiger partial charge in [-0.05, 0) is 37.6 Å². The quantitative estimate of drug-likeness (QED) is 0.718. The number of rotatable bonds is 5. The molecule has 0 aliphatic heterocycles. The highest BCUT2D eigenvalue weighted by molar-refractivity contribution is 7.09. The van der Waals surface area contributed by atoms with E-state index in [0.717, 1.165) is 24.8 Å². The van der Waals surface area contributed by atoms with E-state index in [-0.39, 0.29) is 6.04 Å². The summed E-state index contributed by atoms with van der Waals surface area (Å²) >= 11 is 1.82. The fourth-order valence-electron chi connectivity index (χ4n) is 1.20. The fourth-order valence-corrected chi connectivity index (χ4v) is 1.95. The molecule has 0 bridgehead atoms. The van der Waals surface area contributed by atoms with Gasteiger partial charge in [-0.15, -0.1) is 11.3 Å². The molecule has 1 aromatic rings. The molecule has 0 aromatic carbocycles. The first-order valence-corrected chi connectivity index (χ1v) is 5.51. The zero-order valence-electron chi connectivity index (χ0n) is 8.12. The van der Waals surface area contributed by atoms with E-state index in [1.807, 2.05) is 18.3 Å². The van der Waals surface area contributed by atoms with Crippen LogP contribution in [0.5, 0.6) is 0 Å². The molecular formula is C11H17NS. The van der Waals surface area contributed by atoms with Crippen molar-refractivity contribution >= 4 is 11.3 Å². The molecule has 0 fully saturated rings. The van der Waals surface area contributed by atoms with Crippen molar-refractivity contribution in [2.45, 2.75) is 32.2 Å². The van der Waals surface area contributed by atoms with E-state index in [9.17, 15) is 0 Å². The lowest BCUT2D eigenvalue weighted by molar-refractivity contribution is 0.647. The van der Waals surface area contributed by atoms with Crippen molar-refractivity contribution in [1.82, 2.24) is 0 Å². The molecule has 1 aromatic heterocycles. The minimum atomic E-state index is 0.181. The zero-order valence-corrected chi connectivity index (χ0v) is 8.94. The highest BCUT2D eigenvalue weighted by atomic mass is 32.1.